The Labute approximate surface area is 154 Å². The Bertz CT molecular complexity index is 951. The highest BCUT2D eigenvalue weighted by Crippen LogP contribution is 2.21. The molecule has 136 valence electrons. The Morgan fingerprint density at radius 1 is 1.00 bits per heavy atom. The molecule has 0 saturated heterocycles. The van der Waals surface area contributed by atoms with Gasteiger partial charge in [-0.3, -0.25) is 9.67 Å². The Morgan fingerprint density at radius 2 is 1.69 bits per heavy atom. The Kier molecular flexibility index (Phi) is 5.49. The average molecular weight is 370 g/mol. The molecule has 26 heavy (non-hydrogen) atoms. The zero-order valence-corrected chi connectivity index (χ0v) is 15.7. The topological polar surface area (TPSA) is 68.1 Å². The van der Waals surface area contributed by atoms with E-state index in [1.54, 1.807) is 25.5 Å². The van der Waals surface area contributed by atoms with Crippen molar-refractivity contribution in [2.45, 2.75) is 31.3 Å². The maximum absolute atomic E-state index is 13.1. The van der Waals surface area contributed by atoms with Crippen molar-refractivity contribution in [1.29, 1.82) is 0 Å². The molecule has 0 aliphatic heterocycles. The van der Waals surface area contributed by atoms with Gasteiger partial charge in [0.2, 0.25) is 10.0 Å². The second kappa shape index (κ2) is 7.80. The first-order valence-electron chi connectivity index (χ1n) is 8.44. The van der Waals surface area contributed by atoms with E-state index in [-0.39, 0.29) is 18.0 Å². The van der Waals surface area contributed by atoms with Crippen LogP contribution in [0, 0.1) is 0 Å². The molecule has 0 bridgehead atoms. The summed E-state index contributed by atoms with van der Waals surface area (Å²) in [6.07, 6.45) is 7.21. The maximum atomic E-state index is 13.1. The third kappa shape index (κ3) is 4.17. The fourth-order valence-corrected chi connectivity index (χ4v) is 4.09. The molecule has 0 fully saturated rings. The van der Waals surface area contributed by atoms with Gasteiger partial charge < -0.3 is 0 Å². The van der Waals surface area contributed by atoms with Gasteiger partial charge >= 0.3 is 0 Å². The highest BCUT2D eigenvalue weighted by Gasteiger charge is 2.26. The molecule has 6 nitrogen and oxygen atoms in total. The molecule has 7 heteroatoms. The quantitative estimate of drug-likeness (QED) is 0.641. The Hall–Kier alpha value is -2.51. The van der Waals surface area contributed by atoms with Gasteiger partial charge in [0.1, 0.15) is 4.90 Å². The lowest BCUT2D eigenvalue weighted by molar-refractivity contribution is 0.400. The van der Waals surface area contributed by atoms with E-state index in [4.69, 9.17) is 0 Å². The summed E-state index contributed by atoms with van der Waals surface area (Å²) in [5.74, 6) is 0. The number of aryl methyl sites for hydroxylation is 2. The summed E-state index contributed by atoms with van der Waals surface area (Å²) >= 11 is 0. The van der Waals surface area contributed by atoms with Crippen molar-refractivity contribution in [3.8, 4) is 0 Å². The maximum Gasteiger partial charge on any atom is 0.246 e. The summed E-state index contributed by atoms with van der Waals surface area (Å²) in [6.45, 7) is 2.63. The largest absolute Gasteiger partial charge is 0.274 e. The van der Waals surface area contributed by atoms with Gasteiger partial charge in [-0.05, 0) is 29.2 Å². The third-order valence-corrected chi connectivity index (χ3v) is 5.94. The van der Waals surface area contributed by atoms with E-state index in [2.05, 4.69) is 17.0 Å². The second-order valence-electron chi connectivity index (χ2n) is 6.15. The first-order valence-corrected chi connectivity index (χ1v) is 9.88. The lowest BCUT2D eigenvalue weighted by Gasteiger charge is -2.21. The van der Waals surface area contributed by atoms with Crippen LogP contribution < -0.4 is 0 Å². The van der Waals surface area contributed by atoms with Crippen molar-refractivity contribution < 1.29 is 8.42 Å². The molecule has 3 aromatic rings. The van der Waals surface area contributed by atoms with Crippen molar-refractivity contribution in [2.24, 2.45) is 7.05 Å². The molecule has 0 amide bonds. The lowest BCUT2D eigenvalue weighted by Crippen LogP contribution is -2.30. The van der Waals surface area contributed by atoms with Crippen LogP contribution in [0.25, 0.3) is 0 Å². The minimum atomic E-state index is -3.67. The van der Waals surface area contributed by atoms with E-state index in [9.17, 15) is 8.42 Å². The SMILES string of the molecule is CCc1ccc(CN(Cc2cccnc2)S(=O)(=O)c2cnn(C)c2)cc1. The monoisotopic (exact) mass is 370 g/mol. The van der Waals surface area contributed by atoms with E-state index in [1.807, 2.05) is 30.3 Å². The smallest absolute Gasteiger partial charge is 0.246 e. The van der Waals surface area contributed by atoms with Gasteiger partial charge in [0.25, 0.3) is 0 Å². The van der Waals surface area contributed by atoms with Crippen LogP contribution in [-0.2, 0) is 36.6 Å². The number of pyridine rings is 1. The Balaban J connectivity index is 1.92. The van der Waals surface area contributed by atoms with Crippen molar-refractivity contribution in [2.75, 3.05) is 0 Å². The predicted octanol–water partition coefficient (Wildman–Crippen LogP) is 2.77. The molecule has 2 aromatic heterocycles. The summed E-state index contributed by atoms with van der Waals surface area (Å²) in [7, 11) is -1.97. The summed E-state index contributed by atoms with van der Waals surface area (Å²) in [4.78, 5) is 4.28. The predicted molar refractivity (Wildman–Crippen MR) is 99.7 cm³/mol. The minimum absolute atomic E-state index is 0.189. The van der Waals surface area contributed by atoms with Gasteiger partial charge in [-0.15, -0.1) is 0 Å². The standard InChI is InChI=1S/C19H22N4O2S/c1-3-16-6-8-17(9-7-16)13-23(14-18-5-4-10-20-11-18)26(24,25)19-12-21-22(2)15-19/h4-12,15H,3,13-14H2,1-2H3. The average Bonchev–Trinajstić information content (AvgIpc) is 3.10. The molecule has 0 spiro atoms. The van der Waals surface area contributed by atoms with Gasteiger partial charge in [-0.1, -0.05) is 37.3 Å². The van der Waals surface area contributed by atoms with Gasteiger partial charge in [-0.2, -0.15) is 9.40 Å². The molecule has 1 aromatic carbocycles. The third-order valence-electron chi connectivity index (χ3n) is 4.19. The van der Waals surface area contributed by atoms with Gasteiger partial charge in [0.05, 0.1) is 6.20 Å². The number of hydrogen-bond donors (Lipinski definition) is 0. The van der Waals surface area contributed by atoms with Crippen LogP contribution in [-0.4, -0.2) is 27.5 Å². The number of rotatable bonds is 7. The highest BCUT2D eigenvalue weighted by atomic mass is 32.2. The van der Waals surface area contributed by atoms with E-state index in [0.29, 0.717) is 0 Å². The fourth-order valence-electron chi connectivity index (χ4n) is 2.69. The van der Waals surface area contributed by atoms with E-state index in [0.717, 1.165) is 17.5 Å². The molecular formula is C19H22N4O2S. The highest BCUT2D eigenvalue weighted by molar-refractivity contribution is 7.89. The fraction of sp³-hybridized carbons (Fsp3) is 0.263. The van der Waals surface area contributed by atoms with Crippen molar-refractivity contribution in [3.05, 3.63) is 77.9 Å². The van der Waals surface area contributed by atoms with Crippen LogP contribution in [0.15, 0.2) is 66.1 Å². The summed E-state index contributed by atoms with van der Waals surface area (Å²) in [6, 6.07) is 11.7. The van der Waals surface area contributed by atoms with Crippen molar-refractivity contribution in [3.63, 3.8) is 0 Å². The number of benzene rings is 1. The zero-order valence-electron chi connectivity index (χ0n) is 14.9. The van der Waals surface area contributed by atoms with E-state index >= 15 is 0 Å². The van der Waals surface area contributed by atoms with Crippen LogP contribution in [0.5, 0.6) is 0 Å². The molecule has 0 aliphatic rings. The number of aromatic nitrogens is 3. The second-order valence-corrected chi connectivity index (χ2v) is 8.09. The molecular weight excluding hydrogens is 348 g/mol. The summed E-state index contributed by atoms with van der Waals surface area (Å²) < 4.78 is 29.2. The molecule has 0 saturated carbocycles. The molecule has 0 aliphatic carbocycles. The van der Waals surface area contributed by atoms with E-state index in [1.165, 1.54) is 26.9 Å². The Morgan fingerprint density at radius 3 is 2.27 bits per heavy atom. The van der Waals surface area contributed by atoms with Crippen LogP contribution in [0.1, 0.15) is 23.6 Å². The number of sulfonamides is 1. The van der Waals surface area contributed by atoms with Crippen molar-refractivity contribution in [1.82, 2.24) is 19.1 Å². The van der Waals surface area contributed by atoms with Crippen LogP contribution in [0.4, 0.5) is 0 Å². The first kappa shape index (κ1) is 18.3. The van der Waals surface area contributed by atoms with Crippen LogP contribution in [0.2, 0.25) is 0 Å². The molecule has 3 rings (SSSR count). The number of hydrogen-bond acceptors (Lipinski definition) is 4. The first-order chi connectivity index (χ1) is 12.5. The van der Waals surface area contributed by atoms with Crippen molar-refractivity contribution >= 4 is 10.0 Å². The van der Waals surface area contributed by atoms with Gasteiger partial charge in [-0.25, -0.2) is 8.42 Å². The lowest BCUT2D eigenvalue weighted by atomic mass is 10.1. The molecule has 2 heterocycles. The minimum Gasteiger partial charge on any atom is -0.274 e. The zero-order chi connectivity index (χ0) is 18.6. The van der Waals surface area contributed by atoms with E-state index < -0.39 is 10.0 Å². The number of nitrogens with zero attached hydrogens (tertiary/aromatic N) is 4. The summed E-state index contributed by atoms with van der Waals surface area (Å²) in [5, 5.41) is 4.00. The van der Waals surface area contributed by atoms with Gasteiger partial charge in [0.15, 0.2) is 0 Å². The summed E-state index contributed by atoms with van der Waals surface area (Å²) in [5.41, 5.74) is 3.01. The molecule has 0 atom stereocenters. The van der Waals surface area contributed by atoms with Crippen LogP contribution in [0.3, 0.4) is 0 Å². The molecule has 0 N–H and O–H groups in total. The molecule has 0 unspecified atom stereocenters. The van der Waals surface area contributed by atoms with Gasteiger partial charge in [0, 0.05) is 38.7 Å². The molecule has 0 radical (unpaired) electrons. The normalized spacial score (nSPS) is 11.8. The van der Waals surface area contributed by atoms with Crippen LogP contribution >= 0.6 is 0 Å².